The minimum Gasteiger partial charge on any atom is -0.343 e. The van der Waals surface area contributed by atoms with Crippen molar-refractivity contribution in [3.8, 4) is 0 Å². The van der Waals surface area contributed by atoms with Gasteiger partial charge in [0.1, 0.15) is 0 Å². The summed E-state index contributed by atoms with van der Waals surface area (Å²) in [6.45, 7) is 4.87. The quantitative estimate of drug-likeness (QED) is 0.769. The third kappa shape index (κ3) is 2.71. The second kappa shape index (κ2) is 5.50. The van der Waals surface area contributed by atoms with E-state index in [1.54, 1.807) is 0 Å². The maximum Gasteiger partial charge on any atom is 0.225 e. The average molecular weight is 212 g/mol. The van der Waals surface area contributed by atoms with Crippen molar-refractivity contribution in [1.82, 2.24) is 4.90 Å². The zero-order valence-electron chi connectivity index (χ0n) is 10.2. The molecule has 0 bridgehead atoms. The van der Waals surface area contributed by atoms with E-state index in [0.717, 1.165) is 25.7 Å². The Morgan fingerprint density at radius 2 is 2.20 bits per heavy atom. The maximum atomic E-state index is 12.2. The van der Waals surface area contributed by atoms with Crippen molar-refractivity contribution in [2.45, 2.75) is 45.6 Å². The number of hydrogen-bond acceptors (Lipinski definition) is 2. The molecular weight excluding hydrogens is 188 g/mol. The van der Waals surface area contributed by atoms with E-state index in [1.165, 1.54) is 0 Å². The van der Waals surface area contributed by atoms with Gasteiger partial charge < -0.3 is 10.6 Å². The first kappa shape index (κ1) is 12.5. The van der Waals surface area contributed by atoms with E-state index in [9.17, 15) is 4.79 Å². The Bertz CT molecular complexity index is 218. The fourth-order valence-corrected chi connectivity index (χ4v) is 2.40. The molecule has 0 aromatic rings. The molecule has 0 heterocycles. The topological polar surface area (TPSA) is 46.3 Å². The highest BCUT2D eigenvalue weighted by molar-refractivity contribution is 5.79. The Morgan fingerprint density at radius 1 is 1.53 bits per heavy atom. The van der Waals surface area contributed by atoms with Crippen LogP contribution in [0.1, 0.15) is 39.5 Å². The average Bonchev–Trinajstić information content (AvgIpc) is 2.73. The van der Waals surface area contributed by atoms with E-state index in [0.29, 0.717) is 24.4 Å². The van der Waals surface area contributed by atoms with Gasteiger partial charge in [0.25, 0.3) is 0 Å². The second-order valence-corrected chi connectivity index (χ2v) is 4.74. The molecule has 1 aliphatic carbocycles. The molecule has 0 saturated heterocycles. The number of carbonyl (C=O) groups excluding carboxylic acids is 1. The number of nitrogens with zero attached hydrogens (tertiary/aromatic N) is 1. The first-order valence-corrected chi connectivity index (χ1v) is 6.08. The predicted molar refractivity (Wildman–Crippen MR) is 62.4 cm³/mol. The number of amides is 1. The summed E-state index contributed by atoms with van der Waals surface area (Å²) in [5, 5.41) is 0. The van der Waals surface area contributed by atoms with Crippen LogP contribution in [0.5, 0.6) is 0 Å². The first-order chi connectivity index (χ1) is 7.11. The van der Waals surface area contributed by atoms with E-state index >= 15 is 0 Å². The summed E-state index contributed by atoms with van der Waals surface area (Å²) in [5.74, 6) is 0.912. The molecule has 3 nitrogen and oxygen atoms in total. The Kier molecular flexibility index (Phi) is 4.58. The van der Waals surface area contributed by atoms with Crippen LogP contribution in [-0.2, 0) is 4.79 Å². The summed E-state index contributed by atoms with van der Waals surface area (Å²) >= 11 is 0. The monoisotopic (exact) mass is 212 g/mol. The molecular formula is C12H24N2O. The van der Waals surface area contributed by atoms with Gasteiger partial charge in [0.15, 0.2) is 0 Å². The Labute approximate surface area is 93.0 Å². The van der Waals surface area contributed by atoms with Crippen LogP contribution in [0.25, 0.3) is 0 Å². The van der Waals surface area contributed by atoms with E-state index in [-0.39, 0.29) is 5.92 Å². The number of nitrogens with two attached hydrogens (primary N) is 1. The van der Waals surface area contributed by atoms with Gasteiger partial charge in [0.2, 0.25) is 5.91 Å². The second-order valence-electron chi connectivity index (χ2n) is 4.74. The van der Waals surface area contributed by atoms with Gasteiger partial charge in [-0.25, -0.2) is 0 Å². The summed E-state index contributed by atoms with van der Waals surface area (Å²) in [5.41, 5.74) is 5.70. The van der Waals surface area contributed by atoms with Crippen molar-refractivity contribution >= 4 is 5.91 Å². The first-order valence-electron chi connectivity index (χ1n) is 6.08. The molecule has 3 atom stereocenters. The molecule has 1 aliphatic rings. The van der Waals surface area contributed by atoms with Gasteiger partial charge in [-0.05, 0) is 38.6 Å². The third-order valence-corrected chi connectivity index (χ3v) is 3.88. The summed E-state index contributed by atoms with van der Waals surface area (Å²) < 4.78 is 0. The minimum atomic E-state index is 0.189. The molecule has 0 aromatic carbocycles. The lowest BCUT2D eigenvalue weighted by Crippen LogP contribution is -2.41. The van der Waals surface area contributed by atoms with E-state index in [2.05, 4.69) is 13.8 Å². The summed E-state index contributed by atoms with van der Waals surface area (Å²) in [7, 11) is 1.92. The minimum absolute atomic E-state index is 0.189. The van der Waals surface area contributed by atoms with Crippen LogP contribution < -0.4 is 5.73 Å². The summed E-state index contributed by atoms with van der Waals surface area (Å²) in [4.78, 5) is 14.1. The molecule has 1 rings (SSSR count). The lowest BCUT2D eigenvalue weighted by Gasteiger charge is -2.29. The standard InChI is InChI=1S/C12H24N2O/c1-4-9(2)14(3)12(15)11-7-5-6-10(11)8-13/h9-11H,4-8,13H2,1-3H3. The van der Waals surface area contributed by atoms with Crippen molar-refractivity contribution in [1.29, 1.82) is 0 Å². The maximum absolute atomic E-state index is 12.2. The largest absolute Gasteiger partial charge is 0.343 e. The van der Waals surface area contributed by atoms with Crippen molar-refractivity contribution in [3.05, 3.63) is 0 Å². The van der Waals surface area contributed by atoms with Crippen molar-refractivity contribution in [2.75, 3.05) is 13.6 Å². The zero-order chi connectivity index (χ0) is 11.4. The molecule has 15 heavy (non-hydrogen) atoms. The van der Waals surface area contributed by atoms with Crippen LogP contribution in [-0.4, -0.2) is 30.4 Å². The van der Waals surface area contributed by atoms with Gasteiger partial charge in [-0.3, -0.25) is 4.79 Å². The third-order valence-electron chi connectivity index (χ3n) is 3.88. The van der Waals surface area contributed by atoms with Gasteiger partial charge in [0, 0.05) is 19.0 Å². The highest BCUT2D eigenvalue weighted by Gasteiger charge is 2.34. The fraction of sp³-hybridized carbons (Fsp3) is 0.917. The predicted octanol–water partition coefficient (Wildman–Crippen LogP) is 1.62. The van der Waals surface area contributed by atoms with Crippen LogP contribution in [0, 0.1) is 11.8 Å². The highest BCUT2D eigenvalue weighted by atomic mass is 16.2. The molecule has 0 aromatic heterocycles. The lowest BCUT2D eigenvalue weighted by atomic mass is 9.94. The highest BCUT2D eigenvalue weighted by Crippen LogP contribution is 2.32. The van der Waals surface area contributed by atoms with Crippen molar-refractivity contribution < 1.29 is 4.79 Å². The molecule has 88 valence electrons. The van der Waals surface area contributed by atoms with Crippen molar-refractivity contribution in [3.63, 3.8) is 0 Å². The van der Waals surface area contributed by atoms with E-state index in [1.807, 2.05) is 11.9 Å². The van der Waals surface area contributed by atoms with Gasteiger partial charge in [-0.1, -0.05) is 13.3 Å². The molecule has 1 amide bonds. The van der Waals surface area contributed by atoms with Crippen LogP contribution >= 0.6 is 0 Å². The Morgan fingerprint density at radius 3 is 2.73 bits per heavy atom. The van der Waals surface area contributed by atoms with Gasteiger partial charge >= 0.3 is 0 Å². The Hall–Kier alpha value is -0.570. The number of hydrogen-bond donors (Lipinski definition) is 1. The van der Waals surface area contributed by atoms with Crippen LogP contribution in [0.2, 0.25) is 0 Å². The normalized spacial score (nSPS) is 27.7. The molecule has 3 heteroatoms. The van der Waals surface area contributed by atoms with E-state index in [4.69, 9.17) is 5.73 Å². The SMILES string of the molecule is CCC(C)N(C)C(=O)C1CCCC1CN. The summed E-state index contributed by atoms with van der Waals surface area (Å²) in [6.07, 6.45) is 4.33. The van der Waals surface area contributed by atoms with Crippen LogP contribution in [0.4, 0.5) is 0 Å². The number of rotatable bonds is 4. The molecule has 2 N–H and O–H groups in total. The number of carbonyl (C=O) groups is 1. The molecule has 1 fully saturated rings. The molecule has 1 saturated carbocycles. The molecule has 0 aliphatic heterocycles. The van der Waals surface area contributed by atoms with Crippen molar-refractivity contribution in [2.24, 2.45) is 17.6 Å². The molecule has 0 radical (unpaired) electrons. The Balaban J connectivity index is 2.59. The lowest BCUT2D eigenvalue weighted by molar-refractivity contribution is -0.137. The van der Waals surface area contributed by atoms with Crippen LogP contribution in [0.15, 0.2) is 0 Å². The van der Waals surface area contributed by atoms with E-state index < -0.39 is 0 Å². The van der Waals surface area contributed by atoms with Gasteiger partial charge in [0.05, 0.1) is 0 Å². The van der Waals surface area contributed by atoms with Gasteiger partial charge in [-0.15, -0.1) is 0 Å². The smallest absolute Gasteiger partial charge is 0.225 e. The zero-order valence-corrected chi connectivity index (χ0v) is 10.2. The fourth-order valence-electron chi connectivity index (χ4n) is 2.40. The molecule has 3 unspecified atom stereocenters. The van der Waals surface area contributed by atoms with Crippen LogP contribution in [0.3, 0.4) is 0 Å². The summed E-state index contributed by atoms with van der Waals surface area (Å²) in [6, 6.07) is 0.344. The van der Waals surface area contributed by atoms with Gasteiger partial charge in [-0.2, -0.15) is 0 Å². The molecule has 0 spiro atoms.